The first-order chi connectivity index (χ1) is 11.2. The fourth-order valence-electron chi connectivity index (χ4n) is 2.55. The molecule has 0 amide bonds. The molecule has 2 rings (SSSR count). The van der Waals surface area contributed by atoms with Crippen molar-refractivity contribution in [3.8, 4) is 0 Å². The number of carbonyl (C=O) groups is 1. The number of ether oxygens (including phenoxy) is 4. The first-order valence-electron chi connectivity index (χ1n) is 7.91. The summed E-state index contributed by atoms with van der Waals surface area (Å²) in [6, 6.07) is 10.0. The Kier molecular flexibility index (Phi) is 7.10. The van der Waals surface area contributed by atoms with Gasteiger partial charge in [-0.2, -0.15) is 0 Å². The van der Waals surface area contributed by atoms with Crippen molar-refractivity contribution in [2.45, 2.75) is 32.7 Å². The summed E-state index contributed by atoms with van der Waals surface area (Å²) in [5.41, 5.74) is 1.68. The smallest absolute Gasteiger partial charge is 0.337 e. The highest BCUT2D eigenvalue weighted by Crippen LogP contribution is 2.29. The van der Waals surface area contributed by atoms with Crippen LogP contribution in [0.15, 0.2) is 42.2 Å². The minimum atomic E-state index is -0.354. The van der Waals surface area contributed by atoms with Crippen LogP contribution in [0.2, 0.25) is 0 Å². The van der Waals surface area contributed by atoms with Crippen LogP contribution >= 0.6 is 0 Å². The fourth-order valence-corrected chi connectivity index (χ4v) is 2.55. The van der Waals surface area contributed by atoms with E-state index in [1.807, 2.05) is 37.3 Å². The van der Waals surface area contributed by atoms with E-state index in [-0.39, 0.29) is 18.2 Å². The Balaban J connectivity index is 1.85. The van der Waals surface area contributed by atoms with Crippen LogP contribution in [-0.2, 0) is 30.3 Å². The Bertz CT molecular complexity index is 511. The van der Waals surface area contributed by atoms with Crippen molar-refractivity contribution in [1.82, 2.24) is 0 Å². The number of benzene rings is 1. The van der Waals surface area contributed by atoms with Gasteiger partial charge >= 0.3 is 5.97 Å². The predicted octanol–water partition coefficient (Wildman–Crippen LogP) is 3.05. The molecule has 0 unspecified atom stereocenters. The standard InChI is InChI=1S/C18H24O5/c1-3-22-17-11-15(16(13-23-17)18(19)20-2)9-10-21-12-14-7-5-4-6-8-14/h4-8,13,15,17H,3,9-12H2,1-2H3/t15-,17+/m0/s1. The highest BCUT2D eigenvalue weighted by molar-refractivity contribution is 5.88. The van der Waals surface area contributed by atoms with Gasteiger partial charge in [0.25, 0.3) is 0 Å². The molecule has 1 aliphatic heterocycles. The summed E-state index contributed by atoms with van der Waals surface area (Å²) in [5, 5.41) is 0. The van der Waals surface area contributed by atoms with Crippen LogP contribution in [0, 0.1) is 5.92 Å². The largest absolute Gasteiger partial charge is 0.472 e. The van der Waals surface area contributed by atoms with E-state index >= 15 is 0 Å². The second-order valence-electron chi connectivity index (χ2n) is 5.35. The summed E-state index contributed by atoms with van der Waals surface area (Å²) in [4.78, 5) is 11.8. The molecule has 0 fully saturated rings. The molecule has 0 saturated heterocycles. The molecule has 1 aromatic rings. The van der Waals surface area contributed by atoms with Crippen LogP contribution in [0.4, 0.5) is 0 Å². The van der Waals surface area contributed by atoms with Crippen molar-refractivity contribution < 1.29 is 23.7 Å². The Morgan fingerprint density at radius 1 is 1.30 bits per heavy atom. The monoisotopic (exact) mass is 320 g/mol. The van der Waals surface area contributed by atoms with Gasteiger partial charge in [-0.25, -0.2) is 4.79 Å². The number of esters is 1. The van der Waals surface area contributed by atoms with E-state index < -0.39 is 0 Å². The maximum absolute atomic E-state index is 11.8. The highest BCUT2D eigenvalue weighted by atomic mass is 16.7. The van der Waals surface area contributed by atoms with Gasteiger partial charge in [0.05, 0.1) is 25.6 Å². The molecular formula is C18H24O5. The zero-order chi connectivity index (χ0) is 16.5. The van der Waals surface area contributed by atoms with Crippen LogP contribution in [0.3, 0.4) is 0 Å². The van der Waals surface area contributed by atoms with E-state index in [2.05, 4.69) is 0 Å². The van der Waals surface area contributed by atoms with E-state index in [9.17, 15) is 4.79 Å². The fraction of sp³-hybridized carbons (Fsp3) is 0.500. The van der Waals surface area contributed by atoms with Gasteiger partial charge in [-0.1, -0.05) is 30.3 Å². The number of hydrogen-bond acceptors (Lipinski definition) is 5. The summed E-state index contributed by atoms with van der Waals surface area (Å²) >= 11 is 0. The van der Waals surface area contributed by atoms with E-state index in [0.717, 1.165) is 12.0 Å². The van der Waals surface area contributed by atoms with Crippen molar-refractivity contribution in [2.24, 2.45) is 5.92 Å². The van der Waals surface area contributed by atoms with E-state index in [0.29, 0.717) is 31.8 Å². The zero-order valence-electron chi connectivity index (χ0n) is 13.7. The molecule has 0 spiro atoms. The minimum absolute atomic E-state index is 0.0172. The van der Waals surface area contributed by atoms with Gasteiger partial charge in [-0.05, 0) is 18.9 Å². The Hall–Kier alpha value is -1.85. The van der Waals surface area contributed by atoms with Crippen LogP contribution in [0.5, 0.6) is 0 Å². The zero-order valence-corrected chi connectivity index (χ0v) is 13.7. The van der Waals surface area contributed by atoms with Gasteiger partial charge in [-0.15, -0.1) is 0 Å². The van der Waals surface area contributed by atoms with Gasteiger partial charge < -0.3 is 18.9 Å². The first kappa shape index (κ1) is 17.5. The summed E-state index contributed by atoms with van der Waals surface area (Å²) in [6.07, 6.45) is 2.51. The third kappa shape index (κ3) is 5.37. The van der Waals surface area contributed by atoms with Crippen molar-refractivity contribution in [3.63, 3.8) is 0 Å². The average Bonchev–Trinajstić information content (AvgIpc) is 2.59. The molecule has 0 N–H and O–H groups in total. The van der Waals surface area contributed by atoms with Gasteiger partial charge in [0.2, 0.25) is 0 Å². The van der Waals surface area contributed by atoms with Crippen LogP contribution in [0.25, 0.3) is 0 Å². The lowest BCUT2D eigenvalue weighted by atomic mass is 9.91. The Labute approximate surface area is 137 Å². The van der Waals surface area contributed by atoms with Crippen molar-refractivity contribution in [2.75, 3.05) is 20.3 Å². The molecule has 0 radical (unpaired) electrons. The first-order valence-corrected chi connectivity index (χ1v) is 7.91. The molecule has 5 nitrogen and oxygen atoms in total. The maximum atomic E-state index is 11.8. The lowest BCUT2D eigenvalue weighted by Gasteiger charge is -2.28. The highest BCUT2D eigenvalue weighted by Gasteiger charge is 2.30. The third-order valence-corrected chi connectivity index (χ3v) is 3.76. The van der Waals surface area contributed by atoms with Gasteiger partial charge in [0.15, 0.2) is 6.29 Å². The van der Waals surface area contributed by atoms with E-state index in [1.165, 1.54) is 13.4 Å². The number of hydrogen-bond donors (Lipinski definition) is 0. The molecular weight excluding hydrogens is 296 g/mol. The normalized spacial score (nSPS) is 20.5. The molecule has 23 heavy (non-hydrogen) atoms. The van der Waals surface area contributed by atoms with Gasteiger partial charge in [0.1, 0.15) is 0 Å². The Morgan fingerprint density at radius 2 is 2.09 bits per heavy atom. The Morgan fingerprint density at radius 3 is 2.78 bits per heavy atom. The summed E-state index contributed by atoms with van der Waals surface area (Å²) in [6.45, 7) is 3.62. The molecule has 2 atom stereocenters. The minimum Gasteiger partial charge on any atom is -0.472 e. The van der Waals surface area contributed by atoms with Crippen molar-refractivity contribution >= 4 is 5.97 Å². The van der Waals surface area contributed by atoms with Crippen LogP contribution in [-0.4, -0.2) is 32.6 Å². The summed E-state index contributed by atoms with van der Waals surface area (Å²) in [5.74, 6) is -0.337. The quantitative estimate of drug-likeness (QED) is 0.544. The van der Waals surface area contributed by atoms with Gasteiger partial charge in [0, 0.05) is 25.6 Å². The van der Waals surface area contributed by atoms with Crippen molar-refractivity contribution in [3.05, 3.63) is 47.7 Å². The molecule has 0 aromatic heterocycles. The molecule has 1 aromatic carbocycles. The summed E-state index contributed by atoms with van der Waals surface area (Å²) < 4.78 is 21.5. The van der Waals surface area contributed by atoms with Gasteiger partial charge in [-0.3, -0.25) is 0 Å². The lowest BCUT2D eigenvalue weighted by molar-refractivity contribution is -0.143. The molecule has 5 heteroatoms. The second kappa shape index (κ2) is 9.33. The van der Waals surface area contributed by atoms with Crippen LogP contribution < -0.4 is 0 Å². The van der Waals surface area contributed by atoms with Crippen LogP contribution in [0.1, 0.15) is 25.3 Å². The molecule has 0 bridgehead atoms. The lowest BCUT2D eigenvalue weighted by Crippen LogP contribution is -2.29. The topological polar surface area (TPSA) is 54.0 Å². The molecule has 0 aliphatic carbocycles. The molecule has 1 heterocycles. The molecule has 126 valence electrons. The number of rotatable bonds is 8. The predicted molar refractivity (Wildman–Crippen MR) is 85.4 cm³/mol. The average molecular weight is 320 g/mol. The maximum Gasteiger partial charge on any atom is 0.337 e. The number of methoxy groups -OCH3 is 1. The van der Waals surface area contributed by atoms with E-state index in [4.69, 9.17) is 18.9 Å². The second-order valence-corrected chi connectivity index (χ2v) is 5.35. The van der Waals surface area contributed by atoms with Crippen molar-refractivity contribution in [1.29, 1.82) is 0 Å². The molecule has 0 saturated carbocycles. The third-order valence-electron chi connectivity index (χ3n) is 3.76. The number of carbonyl (C=O) groups excluding carboxylic acids is 1. The van der Waals surface area contributed by atoms with E-state index in [1.54, 1.807) is 0 Å². The molecule has 1 aliphatic rings. The SMILES string of the molecule is CCO[C@H]1C[C@H](CCOCc2ccccc2)C(C(=O)OC)=CO1. The summed E-state index contributed by atoms with van der Waals surface area (Å²) in [7, 11) is 1.38.